The topological polar surface area (TPSA) is 58.1 Å². The molecular formula is C19H33IN4O2. The lowest BCUT2D eigenvalue weighted by Crippen LogP contribution is -2.44. The van der Waals surface area contributed by atoms with Gasteiger partial charge in [-0.05, 0) is 31.0 Å². The first kappa shape index (κ1) is 23.0. The van der Waals surface area contributed by atoms with Crippen molar-refractivity contribution in [1.29, 1.82) is 0 Å². The molecule has 0 aromatic heterocycles. The lowest BCUT2D eigenvalue weighted by molar-refractivity contribution is 0.0389. The van der Waals surface area contributed by atoms with Gasteiger partial charge in [0.2, 0.25) is 0 Å². The molecule has 0 amide bonds. The van der Waals surface area contributed by atoms with Crippen LogP contribution in [0.1, 0.15) is 25.8 Å². The summed E-state index contributed by atoms with van der Waals surface area (Å²) in [6, 6.07) is 8.17. The SMILES string of the molecule is CCCOc1cccc(CN=C(NCC)NCCN2CCOCC2)c1.I. The molecule has 1 heterocycles. The Hall–Kier alpha value is -1.06. The Kier molecular flexibility index (Phi) is 12.4. The first-order valence-electron chi connectivity index (χ1n) is 9.35. The number of rotatable bonds is 9. The molecule has 26 heavy (non-hydrogen) atoms. The molecule has 1 saturated heterocycles. The van der Waals surface area contributed by atoms with Crippen molar-refractivity contribution in [3.63, 3.8) is 0 Å². The van der Waals surface area contributed by atoms with Crippen LogP contribution >= 0.6 is 24.0 Å². The van der Waals surface area contributed by atoms with E-state index in [4.69, 9.17) is 9.47 Å². The third-order valence-electron chi connectivity index (χ3n) is 3.96. The van der Waals surface area contributed by atoms with E-state index >= 15 is 0 Å². The second-order valence-electron chi connectivity index (χ2n) is 6.07. The summed E-state index contributed by atoms with van der Waals surface area (Å²) in [6.45, 7) is 12.0. The quantitative estimate of drug-likeness (QED) is 0.326. The fourth-order valence-corrected chi connectivity index (χ4v) is 2.62. The molecule has 0 aliphatic carbocycles. The van der Waals surface area contributed by atoms with Crippen LogP contribution in [0, 0.1) is 0 Å². The predicted molar refractivity (Wildman–Crippen MR) is 118 cm³/mol. The first-order valence-corrected chi connectivity index (χ1v) is 9.35. The van der Waals surface area contributed by atoms with E-state index in [1.165, 1.54) is 0 Å². The minimum absolute atomic E-state index is 0. The van der Waals surface area contributed by atoms with Gasteiger partial charge in [-0.15, -0.1) is 24.0 Å². The largest absolute Gasteiger partial charge is 0.494 e. The molecule has 7 heteroatoms. The second-order valence-corrected chi connectivity index (χ2v) is 6.07. The van der Waals surface area contributed by atoms with Gasteiger partial charge < -0.3 is 20.1 Å². The number of guanidine groups is 1. The van der Waals surface area contributed by atoms with E-state index in [1.54, 1.807) is 0 Å². The third kappa shape index (κ3) is 9.05. The molecule has 0 bridgehead atoms. The first-order chi connectivity index (χ1) is 12.3. The molecule has 1 aromatic carbocycles. The number of aliphatic imine (C=N–C) groups is 1. The molecule has 0 unspecified atom stereocenters. The van der Waals surface area contributed by atoms with Crippen molar-refractivity contribution < 1.29 is 9.47 Å². The molecule has 0 spiro atoms. The molecule has 1 aliphatic rings. The van der Waals surface area contributed by atoms with Crippen LogP contribution in [0.5, 0.6) is 5.75 Å². The van der Waals surface area contributed by atoms with E-state index in [-0.39, 0.29) is 24.0 Å². The summed E-state index contributed by atoms with van der Waals surface area (Å²) < 4.78 is 11.1. The smallest absolute Gasteiger partial charge is 0.191 e. The van der Waals surface area contributed by atoms with Gasteiger partial charge in [-0.25, -0.2) is 4.99 Å². The Bertz CT molecular complexity index is 522. The van der Waals surface area contributed by atoms with Gasteiger partial charge in [0.1, 0.15) is 5.75 Å². The van der Waals surface area contributed by atoms with Gasteiger partial charge in [0, 0.05) is 32.7 Å². The zero-order valence-corrected chi connectivity index (χ0v) is 18.3. The van der Waals surface area contributed by atoms with Crippen molar-refractivity contribution in [3.05, 3.63) is 29.8 Å². The summed E-state index contributed by atoms with van der Waals surface area (Å²) >= 11 is 0. The van der Waals surface area contributed by atoms with Crippen LogP contribution in [-0.2, 0) is 11.3 Å². The lowest BCUT2D eigenvalue weighted by Gasteiger charge is -2.26. The van der Waals surface area contributed by atoms with E-state index in [1.807, 2.05) is 12.1 Å². The third-order valence-corrected chi connectivity index (χ3v) is 3.96. The average molecular weight is 476 g/mol. The second kappa shape index (κ2) is 14.1. The van der Waals surface area contributed by atoms with Crippen molar-refractivity contribution in [2.45, 2.75) is 26.8 Å². The Morgan fingerprint density at radius 2 is 2.04 bits per heavy atom. The molecule has 148 valence electrons. The molecule has 6 nitrogen and oxygen atoms in total. The van der Waals surface area contributed by atoms with Crippen LogP contribution in [0.25, 0.3) is 0 Å². The van der Waals surface area contributed by atoms with Crippen LogP contribution in [0.4, 0.5) is 0 Å². The Morgan fingerprint density at radius 3 is 2.77 bits per heavy atom. The van der Waals surface area contributed by atoms with Gasteiger partial charge in [0.25, 0.3) is 0 Å². The highest BCUT2D eigenvalue weighted by Gasteiger charge is 2.09. The lowest BCUT2D eigenvalue weighted by atomic mass is 10.2. The highest BCUT2D eigenvalue weighted by molar-refractivity contribution is 14.0. The zero-order chi connectivity index (χ0) is 17.7. The van der Waals surface area contributed by atoms with Gasteiger partial charge >= 0.3 is 0 Å². The fraction of sp³-hybridized carbons (Fsp3) is 0.632. The number of hydrogen-bond donors (Lipinski definition) is 2. The van der Waals surface area contributed by atoms with Crippen LogP contribution in [-0.4, -0.2) is 63.4 Å². The van der Waals surface area contributed by atoms with Crippen LogP contribution in [0.3, 0.4) is 0 Å². The van der Waals surface area contributed by atoms with Crippen molar-refractivity contribution >= 4 is 29.9 Å². The van der Waals surface area contributed by atoms with Crippen molar-refractivity contribution in [2.24, 2.45) is 4.99 Å². The van der Waals surface area contributed by atoms with Gasteiger partial charge in [-0.2, -0.15) is 0 Å². The molecular weight excluding hydrogens is 443 g/mol. The minimum atomic E-state index is 0. The Morgan fingerprint density at radius 1 is 1.23 bits per heavy atom. The summed E-state index contributed by atoms with van der Waals surface area (Å²) in [4.78, 5) is 7.09. The number of nitrogens with zero attached hydrogens (tertiary/aromatic N) is 2. The van der Waals surface area contributed by atoms with Gasteiger partial charge in [0.05, 0.1) is 26.4 Å². The van der Waals surface area contributed by atoms with E-state index in [0.29, 0.717) is 6.54 Å². The van der Waals surface area contributed by atoms with Gasteiger partial charge in [-0.3, -0.25) is 4.90 Å². The number of benzene rings is 1. The number of nitrogens with one attached hydrogen (secondary N) is 2. The number of hydrogen-bond acceptors (Lipinski definition) is 4. The Labute approximate surface area is 174 Å². The highest BCUT2D eigenvalue weighted by atomic mass is 127. The maximum Gasteiger partial charge on any atom is 0.191 e. The molecule has 1 aliphatic heterocycles. The molecule has 2 rings (SSSR count). The molecule has 1 fully saturated rings. The predicted octanol–water partition coefficient (Wildman–Crippen LogP) is 2.48. The maximum atomic E-state index is 5.69. The molecule has 0 saturated carbocycles. The number of morpholine rings is 1. The molecule has 1 aromatic rings. The van der Waals surface area contributed by atoms with Crippen molar-refractivity contribution in [1.82, 2.24) is 15.5 Å². The summed E-state index contributed by atoms with van der Waals surface area (Å²) in [6.07, 6.45) is 1.01. The van der Waals surface area contributed by atoms with E-state index in [0.717, 1.165) is 76.2 Å². The average Bonchev–Trinajstić information content (AvgIpc) is 2.65. The van der Waals surface area contributed by atoms with E-state index < -0.39 is 0 Å². The van der Waals surface area contributed by atoms with Crippen LogP contribution in [0.15, 0.2) is 29.3 Å². The maximum absolute atomic E-state index is 5.69. The van der Waals surface area contributed by atoms with Crippen LogP contribution in [0.2, 0.25) is 0 Å². The summed E-state index contributed by atoms with van der Waals surface area (Å²) in [7, 11) is 0. The zero-order valence-electron chi connectivity index (χ0n) is 16.0. The monoisotopic (exact) mass is 476 g/mol. The van der Waals surface area contributed by atoms with E-state index in [2.05, 4.69) is 46.5 Å². The molecule has 0 atom stereocenters. The number of halogens is 1. The minimum Gasteiger partial charge on any atom is -0.494 e. The molecule has 0 radical (unpaired) electrons. The Balaban J connectivity index is 0.00000338. The van der Waals surface area contributed by atoms with Gasteiger partial charge in [-0.1, -0.05) is 19.1 Å². The summed E-state index contributed by atoms with van der Waals surface area (Å²) in [5, 5.41) is 6.72. The van der Waals surface area contributed by atoms with Gasteiger partial charge in [0.15, 0.2) is 5.96 Å². The van der Waals surface area contributed by atoms with Crippen molar-refractivity contribution in [2.75, 3.05) is 52.5 Å². The molecule has 2 N–H and O–H groups in total. The standard InChI is InChI=1S/C19H32N4O2.HI/c1-3-12-25-18-7-5-6-17(15-18)16-22-19(20-4-2)21-8-9-23-10-13-24-14-11-23;/h5-7,15H,3-4,8-14,16H2,1-2H3,(H2,20,21,22);1H. The highest BCUT2D eigenvalue weighted by Crippen LogP contribution is 2.14. The van der Waals surface area contributed by atoms with Crippen LogP contribution < -0.4 is 15.4 Å². The summed E-state index contributed by atoms with van der Waals surface area (Å²) in [5.41, 5.74) is 1.15. The number of ether oxygens (including phenoxy) is 2. The summed E-state index contributed by atoms with van der Waals surface area (Å²) in [5.74, 6) is 1.77. The van der Waals surface area contributed by atoms with E-state index in [9.17, 15) is 0 Å². The normalized spacial score (nSPS) is 15.2. The fourth-order valence-electron chi connectivity index (χ4n) is 2.62. The van der Waals surface area contributed by atoms with Crippen molar-refractivity contribution in [3.8, 4) is 5.75 Å².